The molecule has 0 bridgehead atoms. The van der Waals surface area contributed by atoms with Crippen LogP contribution in [0.3, 0.4) is 0 Å². The monoisotopic (exact) mass is 523 g/mol. The minimum Gasteiger partial charge on any atom is -0.459 e. The Bertz CT molecular complexity index is 1340. The van der Waals surface area contributed by atoms with E-state index in [-0.39, 0.29) is 18.4 Å². The topological polar surface area (TPSA) is 59.0 Å². The molecule has 5 heteroatoms. The Morgan fingerprint density at radius 1 is 0.872 bits per heavy atom. The Kier molecular flexibility index (Phi) is 7.80. The van der Waals surface area contributed by atoms with Crippen LogP contribution in [0.5, 0.6) is 0 Å². The van der Waals surface area contributed by atoms with Gasteiger partial charge in [0.05, 0.1) is 13.2 Å². The average molecular weight is 524 g/mol. The summed E-state index contributed by atoms with van der Waals surface area (Å²) in [4.78, 5) is 15.6. The number of fused-ring (bicyclic) bond motifs is 3. The number of carbonyl (C=O) groups excluding carboxylic acids is 1. The number of amides is 1. The van der Waals surface area contributed by atoms with Crippen molar-refractivity contribution in [3.8, 4) is 11.1 Å². The third-order valence-electron chi connectivity index (χ3n) is 8.30. The van der Waals surface area contributed by atoms with Crippen LogP contribution in [0.2, 0.25) is 0 Å². The van der Waals surface area contributed by atoms with Gasteiger partial charge in [-0.25, -0.2) is 0 Å². The van der Waals surface area contributed by atoms with Gasteiger partial charge in [-0.3, -0.25) is 4.79 Å². The van der Waals surface area contributed by atoms with Gasteiger partial charge in [0.25, 0.3) is 5.91 Å². The van der Waals surface area contributed by atoms with E-state index in [1.807, 2.05) is 35.2 Å². The number of ether oxygens (including phenoxy) is 2. The summed E-state index contributed by atoms with van der Waals surface area (Å²) in [5, 5.41) is 9.34. The molecule has 0 radical (unpaired) electrons. The molecule has 6 rings (SSSR count). The van der Waals surface area contributed by atoms with E-state index < -0.39 is 6.29 Å². The number of aliphatic hydroxyl groups is 1. The summed E-state index contributed by atoms with van der Waals surface area (Å²) in [6.07, 6.45) is 8.77. The summed E-state index contributed by atoms with van der Waals surface area (Å²) in [7, 11) is 0. The van der Waals surface area contributed by atoms with Gasteiger partial charge in [-0.15, -0.1) is 0 Å². The van der Waals surface area contributed by atoms with Crippen molar-refractivity contribution in [2.45, 2.75) is 70.4 Å². The highest BCUT2D eigenvalue weighted by Gasteiger charge is 2.32. The molecule has 1 saturated heterocycles. The summed E-state index contributed by atoms with van der Waals surface area (Å²) in [6.45, 7) is 1.97. The number of benzene rings is 3. The fourth-order valence-corrected chi connectivity index (χ4v) is 6.08. The van der Waals surface area contributed by atoms with Crippen LogP contribution < -0.4 is 0 Å². The third-order valence-corrected chi connectivity index (χ3v) is 8.30. The summed E-state index contributed by atoms with van der Waals surface area (Å²) in [6, 6.07) is 23.1. The largest absolute Gasteiger partial charge is 0.459 e. The maximum atomic E-state index is 13.7. The fraction of sp³-hybridized carbons (Fsp3) is 0.382. The summed E-state index contributed by atoms with van der Waals surface area (Å²) < 4.78 is 12.5. The highest BCUT2D eigenvalue weighted by atomic mass is 16.7. The van der Waals surface area contributed by atoms with Gasteiger partial charge in [0.1, 0.15) is 0 Å². The van der Waals surface area contributed by atoms with Crippen LogP contribution >= 0.6 is 0 Å². The van der Waals surface area contributed by atoms with E-state index >= 15 is 0 Å². The molecule has 5 nitrogen and oxygen atoms in total. The first-order valence-electron chi connectivity index (χ1n) is 14.4. The van der Waals surface area contributed by atoms with E-state index in [0.29, 0.717) is 18.8 Å². The van der Waals surface area contributed by atoms with Crippen molar-refractivity contribution in [2.75, 3.05) is 13.1 Å². The predicted octanol–water partition coefficient (Wildman–Crippen LogP) is 6.47. The van der Waals surface area contributed by atoms with Crippen molar-refractivity contribution >= 4 is 5.91 Å². The zero-order chi connectivity index (χ0) is 26.6. The smallest absolute Gasteiger partial charge is 0.288 e. The number of hydrogen-bond acceptors (Lipinski definition) is 4. The van der Waals surface area contributed by atoms with Crippen molar-refractivity contribution in [3.63, 3.8) is 0 Å². The molecule has 3 aliphatic rings. The Morgan fingerprint density at radius 2 is 1.59 bits per heavy atom. The molecule has 1 fully saturated rings. The lowest BCUT2D eigenvalue weighted by Crippen LogP contribution is -2.38. The van der Waals surface area contributed by atoms with Gasteiger partial charge in [-0.05, 0) is 64.3 Å². The normalized spacial score (nSPS) is 20.7. The van der Waals surface area contributed by atoms with Gasteiger partial charge in [-0.1, -0.05) is 86.0 Å². The molecule has 0 unspecified atom stereocenters. The third kappa shape index (κ3) is 5.80. The number of hydrogen-bond donors (Lipinski definition) is 1. The molecule has 0 saturated carbocycles. The van der Waals surface area contributed by atoms with E-state index in [1.54, 1.807) is 0 Å². The quantitative estimate of drug-likeness (QED) is 0.315. The standard InChI is InChI=1S/C34H37NO4/c36-22-24-10-12-25(13-11-24)23-38-33-21-28(20-32(39-33)34(37)35-16-6-2-1-3-7-17-35)26-14-15-31-29(18-26)19-27-8-4-5-9-30(27)31/h4-5,8-15,18,20,28,33,36H,1-3,6-7,16-17,19,21-23H2/t28-,33+/m0/s1. The first-order chi connectivity index (χ1) is 19.2. The Labute approximate surface area is 231 Å². The molecule has 3 aromatic rings. The average Bonchev–Trinajstić information content (AvgIpc) is 3.34. The first-order valence-corrected chi connectivity index (χ1v) is 14.4. The van der Waals surface area contributed by atoms with E-state index in [1.165, 1.54) is 47.1 Å². The predicted molar refractivity (Wildman–Crippen MR) is 152 cm³/mol. The number of likely N-dealkylation sites (tertiary alicyclic amines) is 1. The van der Waals surface area contributed by atoms with E-state index in [4.69, 9.17) is 9.47 Å². The highest BCUT2D eigenvalue weighted by molar-refractivity contribution is 5.92. The zero-order valence-electron chi connectivity index (χ0n) is 22.5. The van der Waals surface area contributed by atoms with E-state index in [2.05, 4.69) is 42.5 Å². The molecule has 2 heterocycles. The van der Waals surface area contributed by atoms with Crippen molar-refractivity contribution < 1.29 is 19.4 Å². The van der Waals surface area contributed by atoms with Crippen LogP contribution in [0.25, 0.3) is 11.1 Å². The van der Waals surface area contributed by atoms with Crippen LogP contribution in [0.1, 0.15) is 72.3 Å². The number of carbonyl (C=O) groups is 1. The van der Waals surface area contributed by atoms with Crippen molar-refractivity contribution in [2.24, 2.45) is 0 Å². The Morgan fingerprint density at radius 3 is 2.38 bits per heavy atom. The summed E-state index contributed by atoms with van der Waals surface area (Å²) >= 11 is 0. The van der Waals surface area contributed by atoms with Crippen LogP contribution in [0, 0.1) is 0 Å². The van der Waals surface area contributed by atoms with Gasteiger partial charge < -0.3 is 19.5 Å². The van der Waals surface area contributed by atoms with Crippen LogP contribution in [0.15, 0.2) is 78.6 Å². The molecule has 202 valence electrons. The minimum absolute atomic E-state index is 0.0175. The van der Waals surface area contributed by atoms with Crippen LogP contribution in [-0.4, -0.2) is 35.3 Å². The van der Waals surface area contributed by atoms with Gasteiger partial charge >= 0.3 is 0 Å². The fourth-order valence-electron chi connectivity index (χ4n) is 6.08. The Balaban J connectivity index is 1.24. The summed E-state index contributed by atoms with van der Waals surface area (Å²) in [5.74, 6) is 0.426. The van der Waals surface area contributed by atoms with Crippen molar-refractivity contribution in [1.82, 2.24) is 4.90 Å². The highest BCUT2D eigenvalue weighted by Crippen LogP contribution is 2.40. The second-order valence-corrected chi connectivity index (χ2v) is 11.0. The second-order valence-electron chi connectivity index (χ2n) is 11.0. The molecular weight excluding hydrogens is 486 g/mol. The SMILES string of the molecule is O=C(C1=C[C@H](c2ccc3c(c2)Cc2ccccc2-3)C[C@H](OCc2ccc(CO)cc2)O1)N1CCCCCCC1. The van der Waals surface area contributed by atoms with Crippen LogP contribution in [-0.2, 0) is 33.9 Å². The molecule has 0 aromatic heterocycles. The van der Waals surface area contributed by atoms with Crippen molar-refractivity contribution in [1.29, 1.82) is 0 Å². The molecule has 3 aromatic carbocycles. The molecule has 1 N–H and O–H groups in total. The molecule has 0 spiro atoms. The van der Waals surface area contributed by atoms with Gasteiger partial charge in [-0.2, -0.15) is 0 Å². The van der Waals surface area contributed by atoms with E-state index in [0.717, 1.165) is 43.5 Å². The van der Waals surface area contributed by atoms with Crippen molar-refractivity contribution in [3.05, 3.63) is 106 Å². The van der Waals surface area contributed by atoms with Gasteiger partial charge in [0.15, 0.2) is 5.76 Å². The lowest BCUT2D eigenvalue weighted by atomic mass is 9.90. The minimum atomic E-state index is -0.517. The number of nitrogens with zero attached hydrogens (tertiary/aromatic N) is 1. The van der Waals surface area contributed by atoms with Gasteiger partial charge in [0, 0.05) is 25.4 Å². The molecule has 2 atom stereocenters. The maximum Gasteiger partial charge on any atom is 0.288 e. The zero-order valence-corrected chi connectivity index (χ0v) is 22.5. The number of aliphatic hydroxyl groups excluding tert-OH is 1. The lowest BCUT2D eigenvalue weighted by Gasteiger charge is -2.32. The first kappa shape index (κ1) is 25.8. The Hall–Kier alpha value is -3.41. The molecule has 1 amide bonds. The van der Waals surface area contributed by atoms with Gasteiger partial charge in [0.2, 0.25) is 6.29 Å². The molecular formula is C34H37NO4. The number of allylic oxidation sites excluding steroid dienone is 1. The van der Waals surface area contributed by atoms with E-state index in [9.17, 15) is 9.90 Å². The van der Waals surface area contributed by atoms with Crippen LogP contribution in [0.4, 0.5) is 0 Å². The second kappa shape index (κ2) is 11.8. The molecule has 1 aliphatic carbocycles. The maximum absolute atomic E-state index is 13.7. The molecule has 2 aliphatic heterocycles. The molecule has 39 heavy (non-hydrogen) atoms. The lowest BCUT2D eigenvalue weighted by molar-refractivity contribution is -0.156. The summed E-state index contributed by atoms with van der Waals surface area (Å²) in [5.41, 5.74) is 8.41. The number of rotatable bonds is 6.